The van der Waals surface area contributed by atoms with E-state index in [0.717, 1.165) is 12.1 Å². The third-order valence-electron chi connectivity index (χ3n) is 3.89. The summed E-state index contributed by atoms with van der Waals surface area (Å²) in [7, 11) is 0. The fraction of sp³-hybridized carbons (Fsp3) is 0.222. The molecule has 0 saturated carbocycles. The van der Waals surface area contributed by atoms with Crippen molar-refractivity contribution in [2.24, 2.45) is 0 Å². The van der Waals surface area contributed by atoms with Crippen LogP contribution in [-0.2, 0) is 23.9 Å². The molecule has 0 radical (unpaired) electrons. The summed E-state index contributed by atoms with van der Waals surface area (Å²) in [5.74, 6) is -1.81. The lowest BCUT2D eigenvalue weighted by Crippen LogP contribution is -2.09. The second-order valence-corrected chi connectivity index (χ2v) is 5.94. The van der Waals surface area contributed by atoms with Crippen molar-refractivity contribution in [1.29, 1.82) is 0 Å². The number of nitrogens with zero attached hydrogens (tertiary/aromatic N) is 4. The third kappa shape index (κ3) is 4.51. The Morgan fingerprint density at radius 3 is 2.50 bits per heavy atom. The zero-order chi connectivity index (χ0) is 20.3. The number of carboxylic acid groups (broad SMARTS) is 1. The van der Waals surface area contributed by atoms with E-state index in [0.29, 0.717) is 11.4 Å². The quantitative estimate of drug-likeness (QED) is 0.647. The molecule has 0 atom stereocenters. The van der Waals surface area contributed by atoms with Crippen LogP contribution in [0.5, 0.6) is 0 Å². The van der Waals surface area contributed by atoms with Crippen molar-refractivity contribution >= 4 is 5.97 Å². The van der Waals surface area contributed by atoms with E-state index in [1.807, 2.05) is 0 Å². The van der Waals surface area contributed by atoms with E-state index in [2.05, 4.69) is 15.1 Å². The van der Waals surface area contributed by atoms with E-state index in [9.17, 15) is 22.4 Å². The first kappa shape index (κ1) is 19.5. The van der Waals surface area contributed by atoms with Crippen LogP contribution in [0.15, 0.2) is 42.7 Å². The second-order valence-electron chi connectivity index (χ2n) is 5.94. The van der Waals surface area contributed by atoms with Gasteiger partial charge < -0.3 is 5.11 Å². The number of hydrogen-bond acceptors (Lipinski definition) is 4. The Morgan fingerprint density at radius 2 is 1.86 bits per heavy atom. The molecule has 3 aromatic rings. The van der Waals surface area contributed by atoms with Crippen molar-refractivity contribution in [3.63, 3.8) is 0 Å². The Morgan fingerprint density at radius 1 is 1.14 bits per heavy atom. The standard InChI is InChI=1S/C18H14F4N4O2/c19-14-2-1-11(9-13(14)18(20,21)22)10-15-24-17(12-3-6-23-7-4-12)26(25-15)8-5-16(27)28/h1-4,6-7,9H,5,8,10H2,(H,27,28). The van der Waals surface area contributed by atoms with Crippen LogP contribution in [0.1, 0.15) is 23.4 Å². The molecule has 0 aliphatic rings. The van der Waals surface area contributed by atoms with Crippen molar-refractivity contribution in [1.82, 2.24) is 19.7 Å². The summed E-state index contributed by atoms with van der Waals surface area (Å²) in [5.41, 5.74) is -0.538. The third-order valence-corrected chi connectivity index (χ3v) is 3.89. The van der Waals surface area contributed by atoms with Gasteiger partial charge in [0.05, 0.1) is 18.5 Å². The summed E-state index contributed by atoms with van der Waals surface area (Å²) in [6.07, 6.45) is -2.02. The van der Waals surface area contributed by atoms with E-state index in [4.69, 9.17) is 5.11 Å². The average Bonchev–Trinajstić information content (AvgIpc) is 3.04. The number of pyridine rings is 1. The molecule has 6 nitrogen and oxygen atoms in total. The molecule has 1 N–H and O–H groups in total. The van der Waals surface area contributed by atoms with E-state index in [1.165, 1.54) is 23.1 Å². The molecule has 3 rings (SSSR count). The molecule has 146 valence electrons. The van der Waals surface area contributed by atoms with Crippen LogP contribution in [0.3, 0.4) is 0 Å². The monoisotopic (exact) mass is 394 g/mol. The van der Waals surface area contributed by atoms with Gasteiger partial charge in [0.2, 0.25) is 0 Å². The van der Waals surface area contributed by atoms with Gasteiger partial charge in [0, 0.05) is 24.4 Å². The molecule has 0 aliphatic carbocycles. The highest BCUT2D eigenvalue weighted by Crippen LogP contribution is 2.32. The zero-order valence-electron chi connectivity index (χ0n) is 14.3. The molecule has 0 unspecified atom stereocenters. The van der Waals surface area contributed by atoms with Gasteiger partial charge in [-0.3, -0.25) is 9.78 Å². The Hall–Kier alpha value is -3.30. The Balaban J connectivity index is 1.94. The lowest BCUT2D eigenvalue weighted by Gasteiger charge is -2.09. The van der Waals surface area contributed by atoms with Crippen molar-refractivity contribution in [2.75, 3.05) is 0 Å². The molecule has 1 aromatic carbocycles. The first-order valence-corrected chi connectivity index (χ1v) is 8.15. The highest BCUT2D eigenvalue weighted by atomic mass is 19.4. The molecule has 0 bridgehead atoms. The topological polar surface area (TPSA) is 80.9 Å². The predicted molar refractivity (Wildman–Crippen MR) is 89.7 cm³/mol. The van der Waals surface area contributed by atoms with Gasteiger partial charge >= 0.3 is 12.1 Å². The smallest absolute Gasteiger partial charge is 0.419 e. The number of alkyl halides is 3. The van der Waals surface area contributed by atoms with Crippen molar-refractivity contribution < 1.29 is 27.5 Å². The van der Waals surface area contributed by atoms with E-state index < -0.39 is 23.5 Å². The van der Waals surface area contributed by atoms with E-state index in [-0.39, 0.29) is 30.8 Å². The maximum Gasteiger partial charge on any atom is 0.419 e. The maximum absolute atomic E-state index is 13.5. The second kappa shape index (κ2) is 7.75. The van der Waals surface area contributed by atoms with Gasteiger partial charge in [-0.25, -0.2) is 14.1 Å². The van der Waals surface area contributed by atoms with Crippen LogP contribution in [0, 0.1) is 5.82 Å². The number of aryl methyl sites for hydroxylation is 1. The van der Waals surface area contributed by atoms with Crippen molar-refractivity contribution in [3.8, 4) is 11.4 Å². The van der Waals surface area contributed by atoms with Crippen LogP contribution < -0.4 is 0 Å². The number of aromatic nitrogens is 4. The van der Waals surface area contributed by atoms with Crippen LogP contribution in [0.2, 0.25) is 0 Å². The molecule has 0 spiro atoms. The fourth-order valence-electron chi connectivity index (χ4n) is 2.62. The summed E-state index contributed by atoms with van der Waals surface area (Å²) in [6, 6.07) is 6.02. The van der Waals surface area contributed by atoms with Crippen LogP contribution >= 0.6 is 0 Å². The van der Waals surface area contributed by atoms with Crippen LogP contribution in [0.4, 0.5) is 17.6 Å². The molecule has 0 amide bonds. The molecule has 0 aliphatic heterocycles. The fourth-order valence-corrected chi connectivity index (χ4v) is 2.62. The SMILES string of the molecule is O=C(O)CCn1nc(Cc2ccc(F)c(C(F)(F)F)c2)nc1-c1ccncc1. The molecule has 10 heteroatoms. The van der Waals surface area contributed by atoms with Gasteiger partial charge in [-0.15, -0.1) is 0 Å². The number of hydrogen-bond donors (Lipinski definition) is 1. The number of benzene rings is 1. The minimum Gasteiger partial charge on any atom is -0.481 e. The molecule has 2 aromatic heterocycles. The average molecular weight is 394 g/mol. The molecule has 28 heavy (non-hydrogen) atoms. The largest absolute Gasteiger partial charge is 0.481 e. The Bertz CT molecular complexity index is 987. The molecular weight excluding hydrogens is 380 g/mol. The highest BCUT2D eigenvalue weighted by Gasteiger charge is 2.34. The number of halogens is 4. The van der Waals surface area contributed by atoms with Crippen molar-refractivity contribution in [3.05, 3.63) is 65.5 Å². The van der Waals surface area contributed by atoms with Crippen LogP contribution in [-0.4, -0.2) is 30.8 Å². The van der Waals surface area contributed by atoms with E-state index in [1.54, 1.807) is 12.1 Å². The molecular formula is C18H14F4N4O2. The first-order valence-electron chi connectivity index (χ1n) is 8.15. The normalized spacial score (nSPS) is 11.6. The maximum atomic E-state index is 13.5. The molecule has 0 fully saturated rings. The van der Waals surface area contributed by atoms with Gasteiger partial charge in [0.1, 0.15) is 5.82 Å². The lowest BCUT2D eigenvalue weighted by atomic mass is 10.1. The highest BCUT2D eigenvalue weighted by molar-refractivity contribution is 5.66. The number of carboxylic acids is 1. The number of rotatable bonds is 6. The van der Waals surface area contributed by atoms with Crippen LogP contribution in [0.25, 0.3) is 11.4 Å². The predicted octanol–water partition coefficient (Wildman–Crippen LogP) is 3.56. The van der Waals surface area contributed by atoms with Gasteiger partial charge in [0.15, 0.2) is 11.6 Å². The summed E-state index contributed by atoms with van der Waals surface area (Å²) in [4.78, 5) is 19.1. The Kier molecular flexibility index (Phi) is 5.39. The summed E-state index contributed by atoms with van der Waals surface area (Å²) >= 11 is 0. The van der Waals surface area contributed by atoms with E-state index >= 15 is 0 Å². The molecule has 2 heterocycles. The summed E-state index contributed by atoms with van der Waals surface area (Å²) in [5, 5.41) is 13.1. The van der Waals surface area contributed by atoms with Gasteiger partial charge in [-0.05, 0) is 29.8 Å². The minimum absolute atomic E-state index is 0.0389. The van der Waals surface area contributed by atoms with Gasteiger partial charge in [-0.1, -0.05) is 6.07 Å². The summed E-state index contributed by atoms with van der Waals surface area (Å²) < 4.78 is 53.5. The number of aliphatic carboxylic acids is 1. The lowest BCUT2D eigenvalue weighted by molar-refractivity contribution is -0.140. The molecule has 0 saturated heterocycles. The van der Waals surface area contributed by atoms with Crippen molar-refractivity contribution in [2.45, 2.75) is 25.6 Å². The zero-order valence-corrected chi connectivity index (χ0v) is 14.3. The van der Waals surface area contributed by atoms with Gasteiger partial charge in [-0.2, -0.15) is 18.3 Å². The number of carbonyl (C=O) groups is 1. The first-order chi connectivity index (χ1) is 13.2. The Labute approximate surface area is 156 Å². The van der Waals surface area contributed by atoms with Gasteiger partial charge in [0.25, 0.3) is 0 Å². The minimum atomic E-state index is -4.81. The summed E-state index contributed by atoms with van der Waals surface area (Å²) in [6.45, 7) is 0.0389.